The summed E-state index contributed by atoms with van der Waals surface area (Å²) in [7, 11) is -3.95. The summed E-state index contributed by atoms with van der Waals surface area (Å²) in [5.74, 6) is -0.548. The van der Waals surface area contributed by atoms with Gasteiger partial charge in [-0.1, -0.05) is 68.2 Å². The molecule has 1 unspecified atom stereocenters. The molecule has 0 spiro atoms. The van der Waals surface area contributed by atoms with E-state index in [0.717, 1.165) is 70.4 Å². The summed E-state index contributed by atoms with van der Waals surface area (Å²) in [6.45, 7) is 3.44. The highest BCUT2D eigenvalue weighted by Gasteiger charge is 2.33. The molecule has 5 rings (SSSR count). The fourth-order valence-electron chi connectivity index (χ4n) is 5.73. The first-order chi connectivity index (χ1) is 17.5. The number of piperazine rings is 1. The predicted molar refractivity (Wildman–Crippen MR) is 145 cm³/mol. The first kappa shape index (κ1) is 24.9. The van der Waals surface area contributed by atoms with Crippen molar-refractivity contribution in [2.75, 3.05) is 31.1 Å². The lowest BCUT2D eigenvalue weighted by atomic mass is 9.78. The quantitative estimate of drug-likeness (QED) is 0.530. The van der Waals surface area contributed by atoms with E-state index >= 15 is 4.39 Å². The average Bonchev–Trinajstić information content (AvgIpc) is 3.25. The van der Waals surface area contributed by atoms with Gasteiger partial charge in [-0.15, -0.1) is 0 Å². The summed E-state index contributed by atoms with van der Waals surface area (Å²) in [4.78, 5) is 2.36. The molecule has 1 saturated carbocycles. The predicted octanol–water partition coefficient (Wildman–Crippen LogP) is 5.67. The number of hydrogen-bond donors (Lipinski definition) is 1. The van der Waals surface area contributed by atoms with Crippen molar-refractivity contribution in [3.63, 3.8) is 0 Å². The van der Waals surface area contributed by atoms with Crippen molar-refractivity contribution in [2.24, 2.45) is 10.3 Å². The smallest absolute Gasteiger partial charge is 0.283 e. The lowest BCUT2D eigenvalue weighted by Crippen LogP contribution is -2.43. The zero-order chi connectivity index (χ0) is 25.0. The third-order valence-corrected chi connectivity index (χ3v) is 8.95. The van der Waals surface area contributed by atoms with Crippen LogP contribution < -0.4 is 10.2 Å². The third-order valence-electron chi connectivity index (χ3n) is 7.57. The number of rotatable bonds is 5. The fraction of sp³-hybridized carbons (Fsp3) is 0.414. The molecule has 7 heteroatoms. The van der Waals surface area contributed by atoms with Crippen molar-refractivity contribution in [2.45, 2.75) is 44.4 Å². The zero-order valence-electron chi connectivity index (χ0n) is 20.6. The number of allylic oxidation sites excluding steroid dienone is 3. The summed E-state index contributed by atoms with van der Waals surface area (Å²) < 4.78 is 47.1. The highest BCUT2D eigenvalue weighted by Crippen LogP contribution is 2.40. The van der Waals surface area contributed by atoms with Crippen molar-refractivity contribution in [1.82, 2.24) is 5.32 Å². The van der Waals surface area contributed by atoms with Crippen LogP contribution in [0.1, 0.15) is 55.6 Å². The Morgan fingerprint density at radius 2 is 1.69 bits per heavy atom. The molecule has 36 heavy (non-hydrogen) atoms. The first-order valence-corrected chi connectivity index (χ1v) is 14.5. The highest BCUT2D eigenvalue weighted by atomic mass is 32.2. The zero-order valence-corrected chi connectivity index (χ0v) is 21.4. The number of hydrogen-bond acceptors (Lipinski definition) is 4. The number of nitrogens with zero attached hydrogens (tertiary/aromatic N) is 2. The van der Waals surface area contributed by atoms with Crippen LogP contribution in [0.15, 0.2) is 71.2 Å². The molecule has 2 aliphatic heterocycles. The van der Waals surface area contributed by atoms with Gasteiger partial charge in [0.1, 0.15) is 5.82 Å². The normalized spacial score (nSPS) is 21.8. The summed E-state index contributed by atoms with van der Waals surface area (Å²) in [6.07, 6.45) is 11.5. The van der Waals surface area contributed by atoms with Gasteiger partial charge in [-0.05, 0) is 54.2 Å². The molecule has 0 bridgehead atoms. The van der Waals surface area contributed by atoms with Crippen LogP contribution in [0.4, 0.5) is 10.1 Å². The van der Waals surface area contributed by atoms with Gasteiger partial charge in [0.2, 0.25) is 0 Å². The second kappa shape index (κ2) is 11.1. The molecule has 2 aromatic rings. The Labute approximate surface area is 213 Å². The van der Waals surface area contributed by atoms with Crippen molar-refractivity contribution >= 4 is 26.3 Å². The van der Waals surface area contributed by atoms with Crippen LogP contribution in [0, 0.1) is 11.7 Å². The summed E-state index contributed by atoms with van der Waals surface area (Å²) >= 11 is 0. The van der Waals surface area contributed by atoms with Gasteiger partial charge < -0.3 is 10.2 Å². The number of sulfonamides is 1. The van der Waals surface area contributed by atoms with E-state index in [-0.39, 0.29) is 16.6 Å². The monoisotopic (exact) mass is 507 g/mol. The topological polar surface area (TPSA) is 61.8 Å². The van der Waals surface area contributed by atoms with Gasteiger partial charge in [0.25, 0.3) is 10.0 Å². The minimum Gasteiger partial charge on any atom is -0.369 e. The Balaban J connectivity index is 1.54. The lowest BCUT2D eigenvalue weighted by Gasteiger charge is -2.31. The Bertz CT molecular complexity index is 1260. The molecule has 5 nitrogen and oxygen atoms in total. The van der Waals surface area contributed by atoms with E-state index in [1.54, 1.807) is 36.4 Å². The van der Waals surface area contributed by atoms with Crippen molar-refractivity contribution < 1.29 is 12.8 Å². The maximum Gasteiger partial charge on any atom is 0.283 e. The van der Waals surface area contributed by atoms with Gasteiger partial charge in [-0.2, -0.15) is 12.8 Å². The van der Waals surface area contributed by atoms with Gasteiger partial charge >= 0.3 is 0 Å². The Kier molecular flexibility index (Phi) is 7.67. The summed E-state index contributed by atoms with van der Waals surface area (Å²) in [5.41, 5.74) is 2.45. The SMILES string of the molecule is O=S1(=O)N=C(C(c2ccc(N3CCNCC3)cc2F)C2CCCCCC2)C=CC=C1c1ccccc1. The van der Waals surface area contributed by atoms with E-state index in [0.29, 0.717) is 16.8 Å². The minimum absolute atomic E-state index is 0.143. The van der Waals surface area contributed by atoms with E-state index in [9.17, 15) is 8.42 Å². The lowest BCUT2D eigenvalue weighted by molar-refractivity contribution is 0.424. The van der Waals surface area contributed by atoms with Gasteiger partial charge in [0.15, 0.2) is 0 Å². The van der Waals surface area contributed by atoms with E-state index in [4.69, 9.17) is 0 Å². The van der Waals surface area contributed by atoms with Crippen LogP contribution in [0.2, 0.25) is 0 Å². The van der Waals surface area contributed by atoms with Crippen molar-refractivity contribution in [3.05, 3.63) is 83.7 Å². The minimum atomic E-state index is -3.95. The third kappa shape index (κ3) is 5.47. The van der Waals surface area contributed by atoms with Gasteiger partial charge in [0.05, 0.1) is 10.6 Å². The maximum atomic E-state index is 15.8. The molecular weight excluding hydrogens is 473 g/mol. The molecule has 0 radical (unpaired) electrons. The molecule has 0 aromatic heterocycles. The van der Waals surface area contributed by atoms with Gasteiger partial charge in [-0.3, -0.25) is 0 Å². The molecule has 2 fully saturated rings. The van der Waals surface area contributed by atoms with Crippen molar-refractivity contribution in [1.29, 1.82) is 0 Å². The van der Waals surface area contributed by atoms with Crippen LogP contribution in [0.5, 0.6) is 0 Å². The number of benzene rings is 2. The van der Waals surface area contributed by atoms with Gasteiger partial charge in [-0.25, -0.2) is 4.39 Å². The Morgan fingerprint density at radius 1 is 0.972 bits per heavy atom. The van der Waals surface area contributed by atoms with Gasteiger partial charge in [0, 0.05) is 37.8 Å². The van der Waals surface area contributed by atoms with Crippen LogP contribution in [0.3, 0.4) is 0 Å². The molecule has 2 heterocycles. The van der Waals surface area contributed by atoms with Crippen LogP contribution in [0.25, 0.3) is 4.91 Å². The van der Waals surface area contributed by atoms with Crippen LogP contribution in [-0.4, -0.2) is 40.3 Å². The van der Waals surface area contributed by atoms with E-state index < -0.39 is 15.9 Å². The Hall–Kier alpha value is -2.77. The molecule has 190 valence electrons. The second-order valence-electron chi connectivity index (χ2n) is 9.92. The standard InChI is InChI=1S/C29H34FN3O2S/c30-26-21-24(33-19-17-31-18-20-33)15-16-25(26)29(23-11-4-1-2-5-12-23)27-13-8-14-28(36(34,35)32-27)22-9-6-3-7-10-22/h3,6-10,13-16,21,23,29,31H,1-2,4-5,11-12,17-20H2. The number of anilines is 1. The van der Waals surface area contributed by atoms with E-state index in [1.807, 2.05) is 30.3 Å². The molecule has 1 atom stereocenters. The second-order valence-corrected chi connectivity index (χ2v) is 11.5. The van der Waals surface area contributed by atoms with Crippen LogP contribution >= 0.6 is 0 Å². The summed E-state index contributed by atoms with van der Waals surface area (Å²) in [6, 6.07) is 14.5. The van der Waals surface area contributed by atoms with Crippen LogP contribution in [-0.2, 0) is 10.0 Å². The number of nitrogens with one attached hydrogen (secondary N) is 1. The van der Waals surface area contributed by atoms with E-state index in [2.05, 4.69) is 14.6 Å². The first-order valence-electron chi connectivity index (χ1n) is 13.1. The molecule has 1 N–H and O–H groups in total. The Morgan fingerprint density at radius 3 is 2.39 bits per heavy atom. The summed E-state index contributed by atoms with van der Waals surface area (Å²) in [5, 5.41) is 3.33. The van der Waals surface area contributed by atoms with Crippen molar-refractivity contribution in [3.8, 4) is 0 Å². The largest absolute Gasteiger partial charge is 0.369 e. The molecule has 1 saturated heterocycles. The van der Waals surface area contributed by atoms with E-state index in [1.165, 1.54) is 0 Å². The maximum absolute atomic E-state index is 15.8. The molecule has 1 aliphatic carbocycles. The molecular formula is C29H34FN3O2S. The number of halogens is 1. The molecule has 0 amide bonds. The molecule has 3 aliphatic rings. The highest BCUT2D eigenvalue weighted by molar-refractivity contribution is 7.99. The molecule has 2 aromatic carbocycles. The fourth-order valence-corrected chi connectivity index (χ4v) is 6.97. The average molecular weight is 508 g/mol.